The smallest absolute Gasteiger partial charge is 0.121 e. The van der Waals surface area contributed by atoms with Crippen LogP contribution in [0.15, 0.2) is 18.2 Å². The monoisotopic (exact) mass is 237 g/mol. The van der Waals surface area contributed by atoms with E-state index in [1.807, 2.05) is 17.8 Å². The van der Waals surface area contributed by atoms with Crippen LogP contribution in [-0.2, 0) is 0 Å². The topological polar surface area (TPSA) is 23.5 Å². The summed E-state index contributed by atoms with van der Waals surface area (Å²) >= 11 is 1.92. The molecule has 0 spiro atoms. The van der Waals surface area contributed by atoms with Crippen LogP contribution in [0.25, 0.3) is 0 Å². The van der Waals surface area contributed by atoms with Crippen LogP contribution in [0.5, 0.6) is 5.75 Å². The number of hydrogen-bond donors (Lipinski definition) is 1. The van der Waals surface area contributed by atoms with Crippen molar-refractivity contribution in [3.05, 3.63) is 29.3 Å². The van der Waals surface area contributed by atoms with E-state index >= 15 is 0 Å². The van der Waals surface area contributed by atoms with Crippen molar-refractivity contribution < 1.29 is 5.11 Å². The third-order valence-corrected chi connectivity index (χ3v) is 4.51. The summed E-state index contributed by atoms with van der Waals surface area (Å²) in [6.07, 6.45) is 0. The normalized spacial score (nSPS) is 24.9. The standard InChI is InChI=1S/C13H19NOS/c1-9-5-6-11(15)10(7-9)12-14(4)8-13(2,3)16-12/h5-7,12,15H,8H2,1-4H3. The SMILES string of the molecule is Cc1ccc(O)c(C2SC(C)(C)CN2C)c1. The van der Waals surface area contributed by atoms with E-state index in [-0.39, 0.29) is 10.1 Å². The molecule has 1 atom stereocenters. The number of hydrogen-bond acceptors (Lipinski definition) is 3. The molecule has 2 nitrogen and oxygen atoms in total. The summed E-state index contributed by atoms with van der Waals surface area (Å²) in [5, 5.41) is 10.2. The van der Waals surface area contributed by atoms with E-state index < -0.39 is 0 Å². The van der Waals surface area contributed by atoms with Crippen molar-refractivity contribution in [3.63, 3.8) is 0 Å². The quantitative estimate of drug-likeness (QED) is 0.811. The fourth-order valence-electron chi connectivity index (χ4n) is 2.29. The lowest BCUT2D eigenvalue weighted by atomic mass is 10.1. The Kier molecular flexibility index (Phi) is 2.93. The number of phenolic OH excluding ortho intramolecular Hbond substituents is 1. The molecule has 1 fully saturated rings. The second kappa shape index (κ2) is 3.97. The molecule has 1 heterocycles. The summed E-state index contributed by atoms with van der Waals surface area (Å²) in [6.45, 7) is 7.62. The van der Waals surface area contributed by atoms with E-state index in [1.165, 1.54) is 5.56 Å². The van der Waals surface area contributed by atoms with Crippen molar-refractivity contribution in [3.8, 4) is 5.75 Å². The highest BCUT2D eigenvalue weighted by molar-refractivity contribution is 8.01. The first-order valence-corrected chi connectivity index (χ1v) is 6.44. The summed E-state index contributed by atoms with van der Waals surface area (Å²) in [4.78, 5) is 2.30. The molecule has 0 bridgehead atoms. The number of thioether (sulfide) groups is 1. The van der Waals surface area contributed by atoms with Gasteiger partial charge in [-0.15, -0.1) is 11.8 Å². The number of aryl methyl sites for hydroxylation is 1. The van der Waals surface area contributed by atoms with E-state index in [0.717, 1.165) is 12.1 Å². The van der Waals surface area contributed by atoms with E-state index in [9.17, 15) is 5.11 Å². The average Bonchev–Trinajstić information content (AvgIpc) is 2.44. The minimum atomic E-state index is 0.260. The number of benzene rings is 1. The van der Waals surface area contributed by atoms with Crippen LogP contribution in [0, 0.1) is 6.92 Å². The van der Waals surface area contributed by atoms with Gasteiger partial charge in [0.2, 0.25) is 0 Å². The zero-order valence-electron chi connectivity index (χ0n) is 10.3. The van der Waals surface area contributed by atoms with Gasteiger partial charge in [-0.05, 0) is 40.0 Å². The molecule has 2 rings (SSSR count). The van der Waals surface area contributed by atoms with Crippen LogP contribution in [0.1, 0.15) is 30.3 Å². The first kappa shape index (κ1) is 11.8. The predicted octanol–water partition coefficient (Wildman–Crippen LogP) is 3.16. The van der Waals surface area contributed by atoms with Crippen molar-refractivity contribution in [2.75, 3.05) is 13.6 Å². The molecule has 0 saturated carbocycles. The maximum Gasteiger partial charge on any atom is 0.121 e. The number of phenols is 1. The Hall–Kier alpha value is -0.670. The molecule has 0 amide bonds. The molecule has 1 aliphatic heterocycles. The molecule has 88 valence electrons. The first-order valence-electron chi connectivity index (χ1n) is 5.57. The largest absolute Gasteiger partial charge is 0.508 e. The van der Waals surface area contributed by atoms with E-state index in [1.54, 1.807) is 6.07 Å². The maximum absolute atomic E-state index is 9.94. The Balaban J connectivity index is 2.34. The molecule has 1 aromatic carbocycles. The van der Waals surface area contributed by atoms with Crippen LogP contribution in [0.3, 0.4) is 0 Å². The van der Waals surface area contributed by atoms with Gasteiger partial charge in [-0.25, -0.2) is 0 Å². The Morgan fingerprint density at radius 3 is 2.69 bits per heavy atom. The zero-order valence-corrected chi connectivity index (χ0v) is 11.1. The molecule has 3 heteroatoms. The highest BCUT2D eigenvalue weighted by Crippen LogP contribution is 2.49. The second-order valence-electron chi connectivity index (χ2n) is 5.21. The van der Waals surface area contributed by atoms with E-state index in [0.29, 0.717) is 5.75 Å². The second-order valence-corrected chi connectivity index (χ2v) is 6.99. The summed E-state index contributed by atoms with van der Waals surface area (Å²) in [7, 11) is 2.12. The van der Waals surface area contributed by atoms with Crippen LogP contribution in [-0.4, -0.2) is 28.3 Å². The molecule has 16 heavy (non-hydrogen) atoms. The lowest BCUT2D eigenvalue weighted by Crippen LogP contribution is -2.24. The summed E-state index contributed by atoms with van der Waals surface area (Å²) in [5.41, 5.74) is 2.24. The van der Waals surface area contributed by atoms with Gasteiger partial charge >= 0.3 is 0 Å². The third-order valence-electron chi connectivity index (χ3n) is 2.91. The van der Waals surface area contributed by atoms with Gasteiger partial charge in [0.05, 0.1) is 5.37 Å². The summed E-state index contributed by atoms with van der Waals surface area (Å²) in [6, 6.07) is 5.83. The molecule has 1 aromatic rings. The van der Waals surface area contributed by atoms with Gasteiger partial charge in [-0.1, -0.05) is 11.6 Å². The molecule has 0 aromatic heterocycles. The predicted molar refractivity (Wildman–Crippen MR) is 69.9 cm³/mol. The maximum atomic E-state index is 9.94. The average molecular weight is 237 g/mol. The van der Waals surface area contributed by atoms with Crippen molar-refractivity contribution in [2.24, 2.45) is 0 Å². The van der Waals surface area contributed by atoms with Crippen molar-refractivity contribution >= 4 is 11.8 Å². The minimum absolute atomic E-state index is 0.260. The Morgan fingerprint density at radius 1 is 1.44 bits per heavy atom. The lowest BCUT2D eigenvalue weighted by molar-refractivity contribution is 0.319. The van der Waals surface area contributed by atoms with Crippen molar-refractivity contribution in [2.45, 2.75) is 30.9 Å². The van der Waals surface area contributed by atoms with E-state index in [2.05, 4.69) is 38.8 Å². The summed E-state index contributed by atoms with van der Waals surface area (Å²) in [5.74, 6) is 0.410. The van der Waals surface area contributed by atoms with Gasteiger partial charge in [-0.2, -0.15) is 0 Å². The Morgan fingerprint density at radius 2 is 2.12 bits per heavy atom. The highest BCUT2D eigenvalue weighted by Gasteiger charge is 2.37. The molecular formula is C13H19NOS. The molecule has 1 aliphatic rings. The number of rotatable bonds is 1. The van der Waals surface area contributed by atoms with Gasteiger partial charge in [0.15, 0.2) is 0 Å². The van der Waals surface area contributed by atoms with Crippen molar-refractivity contribution in [1.82, 2.24) is 4.90 Å². The number of nitrogens with zero attached hydrogens (tertiary/aromatic N) is 1. The highest BCUT2D eigenvalue weighted by atomic mass is 32.2. The van der Waals surface area contributed by atoms with Gasteiger partial charge in [0.1, 0.15) is 5.75 Å². The summed E-state index contributed by atoms with van der Waals surface area (Å²) < 4.78 is 0.260. The van der Waals surface area contributed by atoms with Gasteiger partial charge in [0.25, 0.3) is 0 Å². The van der Waals surface area contributed by atoms with Gasteiger partial charge in [0, 0.05) is 16.9 Å². The van der Waals surface area contributed by atoms with Crippen LogP contribution in [0.4, 0.5) is 0 Å². The van der Waals surface area contributed by atoms with Crippen LogP contribution >= 0.6 is 11.8 Å². The Bertz CT molecular complexity index is 403. The molecular weight excluding hydrogens is 218 g/mol. The van der Waals surface area contributed by atoms with Gasteiger partial charge < -0.3 is 5.11 Å². The third kappa shape index (κ3) is 2.20. The molecule has 1 saturated heterocycles. The van der Waals surface area contributed by atoms with E-state index in [4.69, 9.17) is 0 Å². The van der Waals surface area contributed by atoms with Gasteiger partial charge in [-0.3, -0.25) is 4.90 Å². The van der Waals surface area contributed by atoms with Crippen molar-refractivity contribution in [1.29, 1.82) is 0 Å². The fourth-order valence-corrected chi connectivity index (χ4v) is 3.74. The molecule has 1 unspecified atom stereocenters. The molecule has 0 aliphatic carbocycles. The fraction of sp³-hybridized carbons (Fsp3) is 0.538. The van der Waals surface area contributed by atoms with Crippen LogP contribution < -0.4 is 0 Å². The minimum Gasteiger partial charge on any atom is -0.508 e. The zero-order chi connectivity index (χ0) is 11.9. The Labute approximate surface area is 102 Å². The lowest BCUT2D eigenvalue weighted by Gasteiger charge is -2.20. The van der Waals surface area contributed by atoms with Crippen LogP contribution in [0.2, 0.25) is 0 Å². The first-order chi connectivity index (χ1) is 7.39. The number of aromatic hydroxyl groups is 1. The molecule has 1 N–H and O–H groups in total. The molecule has 0 radical (unpaired) electrons.